The van der Waals surface area contributed by atoms with E-state index in [4.69, 9.17) is 4.52 Å². The third-order valence-electron chi connectivity index (χ3n) is 4.61. The standard InChI is InChI=1S/C23H23NO2/c1-4-18(17(3)25)15-20-10-6-5-9-19(20)13-16(2)14-22-21-11-7-8-12-23(21)26-24-22/h4-12H,2,13-15H2,1,3H3/b18-4-. The Bertz CT molecular complexity index is 979. The number of ketones is 1. The van der Waals surface area contributed by atoms with Gasteiger partial charge in [0.1, 0.15) is 0 Å². The van der Waals surface area contributed by atoms with E-state index >= 15 is 0 Å². The van der Waals surface area contributed by atoms with Crippen molar-refractivity contribution in [3.05, 3.63) is 89.2 Å². The molecule has 0 spiro atoms. The lowest BCUT2D eigenvalue weighted by Gasteiger charge is -2.12. The first-order valence-corrected chi connectivity index (χ1v) is 8.81. The molecule has 0 radical (unpaired) electrons. The summed E-state index contributed by atoms with van der Waals surface area (Å²) in [5.41, 5.74) is 6.00. The van der Waals surface area contributed by atoms with Crippen LogP contribution >= 0.6 is 0 Å². The molecule has 0 saturated heterocycles. The highest BCUT2D eigenvalue weighted by molar-refractivity contribution is 5.93. The highest BCUT2D eigenvalue weighted by Crippen LogP contribution is 2.23. The molecule has 1 aromatic heterocycles. The fraction of sp³-hybridized carbons (Fsp3) is 0.217. The fourth-order valence-electron chi connectivity index (χ4n) is 3.17. The van der Waals surface area contributed by atoms with Crippen molar-refractivity contribution in [3.8, 4) is 0 Å². The number of fused-ring (bicyclic) bond motifs is 1. The molecule has 0 amide bonds. The molecule has 0 aliphatic heterocycles. The number of nitrogens with zero attached hydrogens (tertiary/aromatic N) is 1. The predicted molar refractivity (Wildman–Crippen MR) is 105 cm³/mol. The zero-order chi connectivity index (χ0) is 18.5. The SMILES string of the molecule is C=C(Cc1ccccc1C/C(=C/C)C(C)=O)Cc1noc2ccccc12. The maximum atomic E-state index is 11.7. The zero-order valence-corrected chi connectivity index (χ0v) is 15.3. The maximum Gasteiger partial charge on any atom is 0.167 e. The summed E-state index contributed by atoms with van der Waals surface area (Å²) in [7, 11) is 0. The number of hydrogen-bond acceptors (Lipinski definition) is 3. The highest BCUT2D eigenvalue weighted by Gasteiger charge is 2.12. The van der Waals surface area contributed by atoms with Crippen LogP contribution in [0.4, 0.5) is 0 Å². The Balaban J connectivity index is 1.76. The lowest BCUT2D eigenvalue weighted by Crippen LogP contribution is -2.04. The quantitative estimate of drug-likeness (QED) is 0.434. The molecule has 0 fully saturated rings. The smallest absolute Gasteiger partial charge is 0.167 e. The van der Waals surface area contributed by atoms with E-state index in [-0.39, 0.29) is 5.78 Å². The van der Waals surface area contributed by atoms with Gasteiger partial charge >= 0.3 is 0 Å². The fourth-order valence-corrected chi connectivity index (χ4v) is 3.17. The summed E-state index contributed by atoms with van der Waals surface area (Å²) in [5, 5.41) is 5.23. The van der Waals surface area contributed by atoms with Gasteiger partial charge in [-0.3, -0.25) is 4.79 Å². The van der Waals surface area contributed by atoms with Gasteiger partial charge < -0.3 is 4.52 Å². The summed E-state index contributed by atoms with van der Waals surface area (Å²) in [5.74, 6) is 0.121. The molecule has 2 aromatic carbocycles. The van der Waals surface area contributed by atoms with Crippen molar-refractivity contribution in [1.29, 1.82) is 0 Å². The number of carbonyl (C=O) groups is 1. The molecule has 0 aliphatic rings. The molecule has 132 valence electrons. The van der Waals surface area contributed by atoms with Gasteiger partial charge in [0.05, 0.1) is 5.69 Å². The maximum absolute atomic E-state index is 11.7. The van der Waals surface area contributed by atoms with E-state index in [1.807, 2.05) is 49.4 Å². The Labute approximate surface area is 154 Å². The molecule has 3 nitrogen and oxygen atoms in total. The van der Waals surface area contributed by atoms with Crippen LogP contribution in [0.2, 0.25) is 0 Å². The number of Topliss-reactive ketones (excluding diaryl/α,β-unsaturated/α-hetero) is 1. The van der Waals surface area contributed by atoms with E-state index in [2.05, 4.69) is 23.9 Å². The van der Waals surface area contributed by atoms with Crippen LogP contribution < -0.4 is 0 Å². The normalized spacial score (nSPS) is 11.7. The first kappa shape index (κ1) is 17.9. The summed E-state index contributed by atoms with van der Waals surface area (Å²) < 4.78 is 5.38. The molecule has 3 heteroatoms. The second kappa shape index (κ2) is 7.96. The molecular weight excluding hydrogens is 322 g/mol. The minimum Gasteiger partial charge on any atom is -0.356 e. The van der Waals surface area contributed by atoms with E-state index in [1.165, 1.54) is 11.1 Å². The van der Waals surface area contributed by atoms with Crippen molar-refractivity contribution in [2.45, 2.75) is 33.1 Å². The lowest BCUT2D eigenvalue weighted by atomic mass is 9.93. The molecule has 3 aromatic rings. The average molecular weight is 345 g/mol. The van der Waals surface area contributed by atoms with Gasteiger partial charge in [0.25, 0.3) is 0 Å². The monoisotopic (exact) mass is 345 g/mol. The largest absolute Gasteiger partial charge is 0.356 e. The second-order valence-electron chi connectivity index (χ2n) is 6.54. The molecular formula is C23H23NO2. The summed E-state index contributed by atoms with van der Waals surface area (Å²) >= 11 is 0. The van der Waals surface area contributed by atoms with Gasteiger partial charge in [-0.25, -0.2) is 0 Å². The molecule has 1 heterocycles. The number of allylic oxidation sites excluding steroid dienone is 3. The molecule has 3 rings (SSSR count). The number of aromatic nitrogens is 1. The van der Waals surface area contributed by atoms with Crippen molar-refractivity contribution in [2.75, 3.05) is 0 Å². The minimum absolute atomic E-state index is 0.121. The van der Waals surface area contributed by atoms with Crippen molar-refractivity contribution in [2.24, 2.45) is 0 Å². The Morgan fingerprint density at radius 3 is 2.38 bits per heavy atom. The Hall–Kier alpha value is -2.94. The third kappa shape index (κ3) is 3.99. The van der Waals surface area contributed by atoms with Crippen molar-refractivity contribution in [3.63, 3.8) is 0 Å². The highest BCUT2D eigenvalue weighted by atomic mass is 16.5. The molecule has 0 atom stereocenters. The molecule has 0 unspecified atom stereocenters. The van der Waals surface area contributed by atoms with Crippen LogP contribution in [-0.4, -0.2) is 10.9 Å². The Morgan fingerprint density at radius 2 is 1.69 bits per heavy atom. The molecule has 0 bridgehead atoms. The summed E-state index contributed by atoms with van der Waals surface area (Å²) in [6.45, 7) is 7.77. The van der Waals surface area contributed by atoms with Crippen molar-refractivity contribution in [1.82, 2.24) is 5.16 Å². The van der Waals surface area contributed by atoms with Crippen LogP contribution in [-0.2, 0) is 24.1 Å². The van der Waals surface area contributed by atoms with E-state index in [0.717, 1.165) is 34.2 Å². The minimum atomic E-state index is 0.121. The van der Waals surface area contributed by atoms with Gasteiger partial charge in [-0.15, -0.1) is 0 Å². The topological polar surface area (TPSA) is 43.1 Å². The van der Waals surface area contributed by atoms with E-state index in [1.54, 1.807) is 6.92 Å². The first-order valence-electron chi connectivity index (χ1n) is 8.81. The molecule has 0 saturated carbocycles. The van der Waals surface area contributed by atoms with Gasteiger partial charge in [-0.2, -0.15) is 0 Å². The number of benzene rings is 2. The predicted octanol–water partition coefficient (Wildman–Crippen LogP) is 5.25. The van der Waals surface area contributed by atoms with E-state index < -0.39 is 0 Å². The first-order chi connectivity index (χ1) is 12.6. The zero-order valence-electron chi connectivity index (χ0n) is 15.3. The van der Waals surface area contributed by atoms with Crippen molar-refractivity contribution >= 4 is 16.8 Å². The number of rotatable bonds is 7. The summed E-state index contributed by atoms with van der Waals surface area (Å²) in [6.07, 6.45) is 3.98. The van der Waals surface area contributed by atoms with Crippen LogP contribution in [0.3, 0.4) is 0 Å². The van der Waals surface area contributed by atoms with Gasteiger partial charge in [-0.05, 0) is 49.1 Å². The third-order valence-corrected chi connectivity index (χ3v) is 4.61. The average Bonchev–Trinajstić information content (AvgIpc) is 3.03. The van der Waals surface area contributed by atoms with Gasteiger partial charge in [0.2, 0.25) is 0 Å². The molecule has 0 aliphatic carbocycles. The Morgan fingerprint density at radius 1 is 1.04 bits per heavy atom. The van der Waals surface area contributed by atoms with Crippen LogP contribution in [0.1, 0.15) is 30.7 Å². The van der Waals surface area contributed by atoms with Crippen LogP contribution in [0.15, 0.2) is 76.9 Å². The number of carbonyl (C=O) groups excluding carboxylic acids is 1. The summed E-state index contributed by atoms with van der Waals surface area (Å²) in [6, 6.07) is 16.1. The van der Waals surface area contributed by atoms with E-state index in [9.17, 15) is 4.79 Å². The Kier molecular flexibility index (Phi) is 5.47. The van der Waals surface area contributed by atoms with E-state index in [0.29, 0.717) is 12.8 Å². The lowest BCUT2D eigenvalue weighted by molar-refractivity contribution is -0.113. The van der Waals surface area contributed by atoms with Crippen LogP contribution in [0.5, 0.6) is 0 Å². The van der Waals surface area contributed by atoms with Gasteiger partial charge in [0, 0.05) is 18.2 Å². The van der Waals surface area contributed by atoms with Gasteiger partial charge in [0.15, 0.2) is 11.4 Å². The molecule has 0 N–H and O–H groups in total. The van der Waals surface area contributed by atoms with Crippen molar-refractivity contribution < 1.29 is 9.32 Å². The number of para-hydroxylation sites is 1. The number of hydrogen-bond donors (Lipinski definition) is 0. The van der Waals surface area contributed by atoms with Crippen LogP contribution in [0, 0.1) is 0 Å². The summed E-state index contributed by atoms with van der Waals surface area (Å²) in [4.78, 5) is 11.7. The van der Waals surface area contributed by atoms with Gasteiger partial charge in [-0.1, -0.05) is 59.8 Å². The second-order valence-corrected chi connectivity index (χ2v) is 6.54. The van der Waals surface area contributed by atoms with Crippen LogP contribution in [0.25, 0.3) is 11.0 Å². The molecule has 26 heavy (non-hydrogen) atoms.